The largest absolute Gasteiger partial charge is 0.479 e. The molecule has 1 unspecified atom stereocenters. The molecule has 0 aromatic rings. The predicted molar refractivity (Wildman–Crippen MR) is 74.7 cm³/mol. The zero-order valence-corrected chi connectivity index (χ0v) is 11.7. The fourth-order valence-electron chi connectivity index (χ4n) is 2.26. The van der Waals surface area contributed by atoms with Gasteiger partial charge in [0.1, 0.15) is 6.61 Å². The third-order valence-corrected chi connectivity index (χ3v) is 3.35. The number of hydrogen-bond donors (Lipinski definition) is 0. The summed E-state index contributed by atoms with van der Waals surface area (Å²) in [7, 11) is 0. The Kier molecular flexibility index (Phi) is 8.12. The second-order valence-electron chi connectivity index (χ2n) is 5.26. The first-order valence-corrected chi connectivity index (χ1v) is 7.52. The molecule has 1 heterocycles. The SMILES string of the molecule is CCCCCCCCCCCC1=NC(C)CO1. The average Bonchev–Trinajstić information content (AvgIpc) is 2.73. The third kappa shape index (κ3) is 7.40. The number of unbranched alkanes of at least 4 members (excludes halogenated alkanes) is 8. The number of nitrogens with zero attached hydrogens (tertiary/aromatic N) is 1. The highest BCUT2D eigenvalue weighted by Gasteiger charge is 2.12. The molecule has 2 heteroatoms. The molecule has 0 fully saturated rings. The molecular formula is C15H29NO. The van der Waals surface area contributed by atoms with Gasteiger partial charge in [0.25, 0.3) is 0 Å². The molecule has 0 N–H and O–H groups in total. The smallest absolute Gasteiger partial charge is 0.183 e. The van der Waals surface area contributed by atoms with Crippen molar-refractivity contribution in [2.24, 2.45) is 4.99 Å². The molecule has 0 amide bonds. The van der Waals surface area contributed by atoms with E-state index in [0.717, 1.165) is 18.9 Å². The topological polar surface area (TPSA) is 21.6 Å². The summed E-state index contributed by atoms with van der Waals surface area (Å²) in [6.07, 6.45) is 13.5. The van der Waals surface area contributed by atoms with Gasteiger partial charge >= 0.3 is 0 Å². The van der Waals surface area contributed by atoms with Gasteiger partial charge in [-0.2, -0.15) is 0 Å². The number of hydrogen-bond acceptors (Lipinski definition) is 2. The van der Waals surface area contributed by atoms with E-state index < -0.39 is 0 Å². The molecule has 0 radical (unpaired) electrons. The van der Waals surface area contributed by atoms with E-state index >= 15 is 0 Å². The molecule has 0 aliphatic carbocycles. The van der Waals surface area contributed by atoms with Gasteiger partial charge in [0.2, 0.25) is 0 Å². The van der Waals surface area contributed by atoms with E-state index in [1.807, 2.05) is 0 Å². The van der Waals surface area contributed by atoms with Crippen molar-refractivity contribution in [3.05, 3.63) is 0 Å². The van der Waals surface area contributed by atoms with Crippen LogP contribution in [0.1, 0.15) is 78.1 Å². The van der Waals surface area contributed by atoms with Gasteiger partial charge in [-0.3, -0.25) is 0 Å². The molecule has 0 saturated heterocycles. The highest BCUT2D eigenvalue weighted by Crippen LogP contribution is 2.13. The van der Waals surface area contributed by atoms with Gasteiger partial charge in [-0.1, -0.05) is 58.3 Å². The van der Waals surface area contributed by atoms with E-state index in [0.29, 0.717) is 6.04 Å². The van der Waals surface area contributed by atoms with Crippen LogP contribution in [0.5, 0.6) is 0 Å². The summed E-state index contributed by atoms with van der Waals surface area (Å²) < 4.78 is 5.49. The Morgan fingerprint density at radius 2 is 1.59 bits per heavy atom. The van der Waals surface area contributed by atoms with Gasteiger partial charge in [0.15, 0.2) is 5.90 Å². The number of rotatable bonds is 10. The van der Waals surface area contributed by atoms with Gasteiger partial charge in [0, 0.05) is 6.42 Å². The molecule has 1 rings (SSSR count). The fraction of sp³-hybridized carbons (Fsp3) is 0.933. The summed E-state index contributed by atoms with van der Waals surface area (Å²) in [5, 5.41) is 0. The standard InChI is InChI=1S/C15H29NO/c1-3-4-5-6-7-8-9-10-11-12-15-16-14(2)13-17-15/h14H,3-13H2,1-2H3. The van der Waals surface area contributed by atoms with Gasteiger partial charge in [-0.05, 0) is 13.3 Å². The summed E-state index contributed by atoms with van der Waals surface area (Å²) in [5.74, 6) is 1.00. The van der Waals surface area contributed by atoms with Crippen LogP contribution in [0.3, 0.4) is 0 Å². The first kappa shape index (κ1) is 14.5. The minimum atomic E-state index is 0.392. The van der Waals surface area contributed by atoms with E-state index in [4.69, 9.17) is 4.74 Å². The number of ether oxygens (including phenoxy) is 1. The van der Waals surface area contributed by atoms with Crippen LogP contribution in [0.25, 0.3) is 0 Å². The van der Waals surface area contributed by atoms with Gasteiger partial charge in [-0.25, -0.2) is 4.99 Å². The third-order valence-electron chi connectivity index (χ3n) is 3.35. The first-order chi connectivity index (χ1) is 8.33. The van der Waals surface area contributed by atoms with Crippen LogP contribution in [0.4, 0.5) is 0 Å². The van der Waals surface area contributed by atoms with Gasteiger partial charge in [0.05, 0.1) is 6.04 Å². The van der Waals surface area contributed by atoms with Crippen molar-refractivity contribution in [2.75, 3.05) is 6.61 Å². The maximum atomic E-state index is 5.49. The Labute approximate surface area is 107 Å². The molecule has 0 bridgehead atoms. The normalized spacial score (nSPS) is 19.2. The lowest BCUT2D eigenvalue weighted by Gasteiger charge is -2.02. The van der Waals surface area contributed by atoms with Gasteiger partial charge < -0.3 is 4.74 Å². The second-order valence-corrected chi connectivity index (χ2v) is 5.26. The van der Waals surface area contributed by atoms with Crippen molar-refractivity contribution >= 4 is 5.90 Å². The van der Waals surface area contributed by atoms with Crippen LogP contribution < -0.4 is 0 Å². The molecule has 1 aliphatic rings. The molecule has 2 nitrogen and oxygen atoms in total. The van der Waals surface area contributed by atoms with Crippen molar-refractivity contribution in [1.82, 2.24) is 0 Å². The van der Waals surface area contributed by atoms with Crippen molar-refractivity contribution in [2.45, 2.75) is 84.1 Å². The Morgan fingerprint density at radius 3 is 2.12 bits per heavy atom. The minimum Gasteiger partial charge on any atom is -0.479 e. The Hall–Kier alpha value is -0.530. The minimum absolute atomic E-state index is 0.392. The molecule has 100 valence electrons. The molecule has 0 aromatic carbocycles. The lowest BCUT2D eigenvalue weighted by atomic mass is 10.1. The Morgan fingerprint density at radius 1 is 1.00 bits per heavy atom. The maximum Gasteiger partial charge on any atom is 0.183 e. The Balaban J connectivity index is 1.80. The van der Waals surface area contributed by atoms with Gasteiger partial charge in [-0.15, -0.1) is 0 Å². The van der Waals surface area contributed by atoms with Crippen molar-refractivity contribution in [1.29, 1.82) is 0 Å². The van der Waals surface area contributed by atoms with Crippen LogP contribution in [0, 0.1) is 0 Å². The quantitative estimate of drug-likeness (QED) is 0.505. The monoisotopic (exact) mass is 239 g/mol. The predicted octanol–water partition coefficient (Wildman–Crippen LogP) is 4.72. The summed E-state index contributed by atoms with van der Waals surface area (Å²) in [4.78, 5) is 4.45. The van der Waals surface area contributed by atoms with Crippen molar-refractivity contribution in [3.63, 3.8) is 0 Å². The molecule has 1 atom stereocenters. The number of aliphatic imine (C=N–C) groups is 1. The Bertz CT molecular complexity index is 213. The molecular weight excluding hydrogens is 210 g/mol. The van der Waals surface area contributed by atoms with E-state index in [2.05, 4.69) is 18.8 Å². The molecule has 1 aliphatic heterocycles. The first-order valence-electron chi connectivity index (χ1n) is 7.52. The fourth-order valence-corrected chi connectivity index (χ4v) is 2.26. The van der Waals surface area contributed by atoms with E-state index in [-0.39, 0.29) is 0 Å². The van der Waals surface area contributed by atoms with Crippen LogP contribution >= 0.6 is 0 Å². The van der Waals surface area contributed by atoms with Crippen molar-refractivity contribution < 1.29 is 4.74 Å². The highest BCUT2D eigenvalue weighted by atomic mass is 16.5. The molecule has 0 spiro atoms. The summed E-state index contributed by atoms with van der Waals surface area (Å²) in [6.45, 7) is 5.19. The lowest BCUT2D eigenvalue weighted by molar-refractivity contribution is 0.314. The summed E-state index contributed by atoms with van der Waals surface area (Å²) >= 11 is 0. The average molecular weight is 239 g/mol. The maximum absolute atomic E-state index is 5.49. The van der Waals surface area contributed by atoms with Crippen molar-refractivity contribution in [3.8, 4) is 0 Å². The molecule has 17 heavy (non-hydrogen) atoms. The summed E-state index contributed by atoms with van der Waals surface area (Å²) in [6, 6.07) is 0.392. The van der Waals surface area contributed by atoms with E-state index in [1.165, 1.54) is 57.8 Å². The van der Waals surface area contributed by atoms with Crippen LogP contribution in [0.2, 0.25) is 0 Å². The van der Waals surface area contributed by atoms with E-state index in [9.17, 15) is 0 Å². The molecule has 0 saturated carbocycles. The van der Waals surface area contributed by atoms with Crippen LogP contribution in [-0.4, -0.2) is 18.5 Å². The zero-order chi connectivity index (χ0) is 12.3. The lowest BCUT2D eigenvalue weighted by Crippen LogP contribution is -2.00. The van der Waals surface area contributed by atoms with E-state index in [1.54, 1.807) is 0 Å². The highest BCUT2D eigenvalue weighted by molar-refractivity contribution is 5.77. The van der Waals surface area contributed by atoms with Crippen LogP contribution in [0.15, 0.2) is 4.99 Å². The van der Waals surface area contributed by atoms with Crippen LogP contribution in [-0.2, 0) is 4.74 Å². The zero-order valence-electron chi connectivity index (χ0n) is 11.7. The summed E-state index contributed by atoms with van der Waals surface area (Å²) in [5.41, 5.74) is 0. The second kappa shape index (κ2) is 9.49. The molecule has 0 aromatic heterocycles.